The van der Waals surface area contributed by atoms with Gasteiger partial charge in [0.05, 0.1) is 16.5 Å². The topological polar surface area (TPSA) is 106 Å². The maximum absolute atomic E-state index is 12.5. The predicted molar refractivity (Wildman–Crippen MR) is 114 cm³/mol. The van der Waals surface area contributed by atoms with E-state index in [1.807, 2.05) is 11.8 Å². The zero-order valence-electron chi connectivity index (χ0n) is 16.9. The van der Waals surface area contributed by atoms with Gasteiger partial charge in [0, 0.05) is 38.0 Å². The molecule has 0 atom stereocenters. The lowest BCUT2D eigenvalue weighted by atomic mass is 9.96. The van der Waals surface area contributed by atoms with E-state index in [0.29, 0.717) is 49.0 Å². The van der Waals surface area contributed by atoms with E-state index in [9.17, 15) is 19.7 Å². The van der Waals surface area contributed by atoms with Gasteiger partial charge in [-0.1, -0.05) is 12.1 Å². The Labute approximate surface area is 178 Å². The van der Waals surface area contributed by atoms with Crippen molar-refractivity contribution in [1.29, 1.82) is 0 Å². The van der Waals surface area contributed by atoms with E-state index in [0.717, 1.165) is 0 Å². The van der Waals surface area contributed by atoms with Gasteiger partial charge in [0.15, 0.2) is 5.13 Å². The van der Waals surface area contributed by atoms with E-state index < -0.39 is 0 Å². The maximum atomic E-state index is 12.5. The molecule has 1 fully saturated rings. The molecule has 1 aliphatic rings. The average Bonchev–Trinajstić information content (AvgIpc) is 3.21. The third-order valence-electron chi connectivity index (χ3n) is 5.08. The van der Waals surface area contributed by atoms with Gasteiger partial charge in [0.2, 0.25) is 5.91 Å². The summed E-state index contributed by atoms with van der Waals surface area (Å²) < 4.78 is 5.43. The molecule has 0 aliphatic carbocycles. The van der Waals surface area contributed by atoms with Crippen LogP contribution in [0, 0.1) is 16.0 Å². The highest BCUT2D eigenvalue weighted by atomic mass is 32.1. The average molecular weight is 433 g/mol. The van der Waals surface area contributed by atoms with Crippen LogP contribution in [0.4, 0.5) is 16.5 Å². The van der Waals surface area contributed by atoms with Crippen molar-refractivity contribution in [3.05, 3.63) is 45.5 Å². The first kappa shape index (κ1) is 21.7. The van der Waals surface area contributed by atoms with Crippen LogP contribution in [0.2, 0.25) is 0 Å². The first-order valence-corrected chi connectivity index (χ1v) is 10.7. The van der Waals surface area contributed by atoms with Crippen molar-refractivity contribution in [3.8, 4) is 0 Å². The number of rotatable bonds is 7. The van der Waals surface area contributed by atoms with Gasteiger partial charge >= 0.3 is 5.97 Å². The molecular formula is C20H24N4O5S. The number of nitrogens with zero attached hydrogens (tertiary/aromatic N) is 4. The molecule has 3 rings (SSSR count). The first-order chi connectivity index (χ1) is 14.4. The van der Waals surface area contributed by atoms with Crippen LogP contribution < -0.4 is 9.80 Å². The van der Waals surface area contributed by atoms with Gasteiger partial charge < -0.3 is 9.64 Å². The van der Waals surface area contributed by atoms with Gasteiger partial charge in [0.1, 0.15) is 12.3 Å². The number of carbonyl (C=O) groups excluding carboxylic acids is 2. The SMILES string of the molecule is CCN(C(C)=O)c1nc(COC(=O)C2CCN(c3ccccc3[N+](=O)[O-])CC2)cs1. The molecule has 0 bridgehead atoms. The summed E-state index contributed by atoms with van der Waals surface area (Å²) >= 11 is 1.34. The Kier molecular flexibility index (Phi) is 6.99. The van der Waals surface area contributed by atoms with Crippen molar-refractivity contribution < 1.29 is 19.2 Å². The quantitative estimate of drug-likeness (QED) is 0.375. The van der Waals surface area contributed by atoms with E-state index in [4.69, 9.17) is 4.74 Å². The number of piperidine rings is 1. The predicted octanol–water partition coefficient (Wildman–Crippen LogP) is 3.38. The standard InChI is InChI=1S/C20H24N4O5S/c1-3-23(14(2)25)20-21-16(13-30-20)12-29-19(26)15-8-10-22(11-9-15)17-6-4-5-7-18(17)24(27)28/h4-7,13,15H,3,8-12H2,1-2H3. The molecule has 10 heteroatoms. The second kappa shape index (κ2) is 9.66. The lowest BCUT2D eigenvalue weighted by molar-refractivity contribution is -0.384. The molecule has 160 valence electrons. The van der Waals surface area contributed by atoms with Crippen molar-refractivity contribution >= 4 is 39.7 Å². The number of nitro groups is 1. The fourth-order valence-corrected chi connectivity index (χ4v) is 4.40. The van der Waals surface area contributed by atoms with E-state index in [2.05, 4.69) is 4.98 Å². The number of aromatic nitrogens is 1. The molecule has 0 spiro atoms. The highest BCUT2D eigenvalue weighted by Gasteiger charge is 2.29. The van der Waals surface area contributed by atoms with Crippen molar-refractivity contribution in [2.45, 2.75) is 33.3 Å². The molecule has 2 heterocycles. The smallest absolute Gasteiger partial charge is 0.309 e. The van der Waals surface area contributed by atoms with Gasteiger partial charge in [-0.15, -0.1) is 11.3 Å². The lowest BCUT2D eigenvalue weighted by Crippen LogP contribution is -2.37. The summed E-state index contributed by atoms with van der Waals surface area (Å²) in [6.45, 7) is 5.06. The number of esters is 1. The molecule has 9 nitrogen and oxygen atoms in total. The zero-order chi connectivity index (χ0) is 21.7. The summed E-state index contributed by atoms with van der Waals surface area (Å²) in [7, 11) is 0. The highest BCUT2D eigenvalue weighted by molar-refractivity contribution is 7.14. The van der Waals surface area contributed by atoms with Crippen LogP contribution >= 0.6 is 11.3 Å². The third-order valence-corrected chi connectivity index (χ3v) is 5.99. The fourth-order valence-electron chi connectivity index (χ4n) is 3.48. The Morgan fingerprint density at radius 1 is 1.33 bits per heavy atom. The third kappa shape index (κ3) is 4.93. The monoisotopic (exact) mass is 432 g/mol. The minimum Gasteiger partial charge on any atom is -0.459 e. The van der Waals surface area contributed by atoms with Crippen LogP contribution in [-0.4, -0.2) is 41.4 Å². The Bertz CT molecular complexity index is 923. The Hall–Kier alpha value is -3.01. The van der Waals surface area contributed by atoms with Gasteiger partial charge in [0.25, 0.3) is 5.69 Å². The molecule has 2 aromatic rings. The Balaban J connectivity index is 1.52. The summed E-state index contributed by atoms with van der Waals surface area (Å²) in [4.78, 5) is 42.8. The molecule has 1 amide bonds. The van der Waals surface area contributed by atoms with Crippen molar-refractivity contribution in [2.24, 2.45) is 5.92 Å². The molecule has 1 aliphatic heterocycles. The van der Waals surface area contributed by atoms with E-state index >= 15 is 0 Å². The number of amides is 1. The molecule has 0 N–H and O–H groups in total. The van der Waals surface area contributed by atoms with Gasteiger partial charge in [-0.2, -0.15) is 0 Å². The van der Waals surface area contributed by atoms with E-state index in [1.165, 1.54) is 24.3 Å². The molecule has 0 unspecified atom stereocenters. The molecule has 0 radical (unpaired) electrons. The largest absolute Gasteiger partial charge is 0.459 e. The molecular weight excluding hydrogens is 408 g/mol. The van der Waals surface area contributed by atoms with Crippen LogP contribution in [0.1, 0.15) is 32.4 Å². The Morgan fingerprint density at radius 3 is 2.67 bits per heavy atom. The van der Waals surface area contributed by atoms with Crippen molar-refractivity contribution in [3.63, 3.8) is 0 Å². The number of ether oxygens (including phenoxy) is 1. The summed E-state index contributed by atoms with van der Waals surface area (Å²) in [5.41, 5.74) is 1.26. The second-order valence-corrected chi connectivity index (χ2v) is 7.84. The van der Waals surface area contributed by atoms with Gasteiger partial charge in [-0.05, 0) is 25.8 Å². The molecule has 0 saturated carbocycles. The van der Waals surface area contributed by atoms with Gasteiger partial charge in [-0.3, -0.25) is 24.6 Å². The number of benzene rings is 1. The second-order valence-electron chi connectivity index (χ2n) is 7.00. The number of hydrogen-bond donors (Lipinski definition) is 0. The van der Waals surface area contributed by atoms with Crippen LogP contribution in [0.25, 0.3) is 0 Å². The first-order valence-electron chi connectivity index (χ1n) is 9.78. The minimum absolute atomic E-state index is 0.0646. The summed E-state index contributed by atoms with van der Waals surface area (Å²) in [5.74, 6) is -0.613. The summed E-state index contributed by atoms with van der Waals surface area (Å²) in [5, 5.41) is 13.6. The lowest BCUT2D eigenvalue weighted by Gasteiger charge is -2.32. The van der Waals surface area contributed by atoms with E-state index in [1.54, 1.807) is 28.5 Å². The number of thiazole rings is 1. The number of nitro benzene ring substituents is 1. The summed E-state index contributed by atoms with van der Waals surface area (Å²) in [6.07, 6.45) is 1.14. The molecule has 1 saturated heterocycles. The van der Waals surface area contributed by atoms with E-state index in [-0.39, 0.29) is 35.0 Å². The molecule has 30 heavy (non-hydrogen) atoms. The van der Waals surface area contributed by atoms with Crippen molar-refractivity contribution in [1.82, 2.24) is 4.98 Å². The van der Waals surface area contributed by atoms with Crippen LogP contribution in [0.3, 0.4) is 0 Å². The van der Waals surface area contributed by atoms with Crippen LogP contribution in [-0.2, 0) is 20.9 Å². The van der Waals surface area contributed by atoms with Gasteiger partial charge in [-0.25, -0.2) is 4.98 Å². The number of hydrogen-bond acceptors (Lipinski definition) is 8. The highest BCUT2D eigenvalue weighted by Crippen LogP contribution is 2.31. The molecule has 1 aromatic heterocycles. The fraction of sp³-hybridized carbons (Fsp3) is 0.450. The number of carbonyl (C=O) groups is 2. The maximum Gasteiger partial charge on any atom is 0.309 e. The molecule has 1 aromatic carbocycles. The van der Waals surface area contributed by atoms with Crippen LogP contribution in [0.15, 0.2) is 29.6 Å². The minimum atomic E-state index is -0.385. The number of para-hydroxylation sites is 2. The zero-order valence-corrected chi connectivity index (χ0v) is 17.8. The van der Waals surface area contributed by atoms with Crippen molar-refractivity contribution in [2.75, 3.05) is 29.4 Å². The Morgan fingerprint density at radius 2 is 2.03 bits per heavy atom. The number of anilines is 2. The normalized spacial score (nSPS) is 14.4. The van der Waals surface area contributed by atoms with Crippen LogP contribution in [0.5, 0.6) is 0 Å². The summed E-state index contributed by atoms with van der Waals surface area (Å²) in [6, 6.07) is 6.64.